The van der Waals surface area contributed by atoms with Crippen molar-refractivity contribution in [2.24, 2.45) is 0 Å². The molecule has 9 nitrogen and oxygen atoms in total. The quantitative estimate of drug-likeness (QED) is 0.582. The summed E-state index contributed by atoms with van der Waals surface area (Å²) >= 11 is 0. The summed E-state index contributed by atoms with van der Waals surface area (Å²) in [6.45, 7) is 5.53. The van der Waals surface area contributed by atoms with Gasteiger partial charge in [0.2, 0.25) is 10.0 Å². The van der Waals surface area contributed by atoms with Crippen LogP contribution in [0.25, 0.3) is 0 Å². The number of nitro groups is 1. The summed E-state index contributed by atoms with van der Waals surface area (Å²) in [6.07, 6.45) is 1.61. The topological polar surface area (TPSA) is 115 Å². The Morgan fingerprint density at radius 1 is 1.19 bits per heavy atom. The van der Waals surface area contributed by atoms with Crippen LogP contribution >= 0.6 is 0 Å². The number of aryl methyl sites for hydroxylation is 2. The molecule has 0 aliphatic carbocycles. The molecule has 0 N–H and O–H groups in total. The van der Waals surface area contributed by atoms with Gasteiger partial charge in [0, 0.05) is 30.3 Å². The van der Waals surface area contributed by atoms with Crippen molar-refractivity contribution in [3.63, 3.8) is 0 Å². The molecule has 0 unspecified atom stereocenters. The molecule has 1 fully saturated rings. The Kier molecular flexibility index (Phi) is 4.87. The third-order valence-electron chi connectivity index (χ3n) is 4.73. The van der Waals surface area contributed by atoms with Crippen LogP contribution in [0.1, 0.15) is 40.2 Å². The SMILES string of the molecule is Cc1ccc(C(=O)n2nc(C)c(S(=O)(=O)N3CCCC3)c2C)cc1[N+](=O)[O-]. The lowest BCUT2D eigenvalue weighted by Crippen LogP contribution is -2.29. The molecule has 0 saturated carbocycles. The number of aromatic nitrogens is 2. The second-order valence-electron chi connectivity index (χ2n) is 6.59. The summed E-state index contributed by atoms with van der Waals surface area (Å²) in [5.41, 5.74) is 0.763. The maximum atomic E-state index is 12.9. The van der Waals surface area contributed by atoms with E-state index in [4.69, 9.17) is 0 Å². The first kappa shape index (κ1) is 19.2. The Hall–Kier alpha value is -2.59. The molecule has 0 atom stereocenters. The molecule has 3 rings (SSSR count). The van der Waals surface area contributed by atoms with E-state index in [0.29, 0.717) is 18.7 Å². The zero-order chi connectivity index (χ0) is 19.9. The van der Waals surface area contributed by atoms with Crippen LogP contribution in [0.2, 0.25) is 0 Å². The molecule has 10 heteroatoms. The van der Waals surface area contributed by atoms with Gasteiger partial charge in [0.1, 0.15) is 4.90 Å². The van der Waals surface area contributed by atoms with E-state index < -0.39 is 20.9 Å². The number of carbonyl (C=O) groups excluding carboxylic acids is 1. The molecule has 0 amide bonds. The lowest BCUT2D eigenvalue weighted by Gasteiger charge is -2.15. The number of nitrogens with zero attached hydrogens (tertiary/aromatic N) is 4. The van der Waals surface area contributed by atoms with E-state index in [-0.39, 0.29) is 27.5 Å². The van der Waals surface area contributed by atoms with Crippen molar-refractivity contribution in [2.45, 2.75) is 38.5 Å². The molecule has 27 heavy (non-hydrogen) atoms. The maximum absolute atomic E-state index is 12.9. The minimum absolute atomic E-state index is 0.0272. The Labute approximate surface area is 156 Å². The second-order valence-corrected chi connectivity index (χ2v) is 8.46. The van der Waals surface area contributed by atoms with Crippen LogP contribution in [0.3, 0.4) is 0 Å². The largest absolute Gasteiger partial charge is 0.278 e. The number of hydrogen-bond acceptors (Lipinski definition) is 6. The smallest absolute Gasteiger partial charge is 0.267 e. The van der Waals surface area contributed by atoms with Crippen molar-refractivity contribution in [2.75, 3.05) is 13.1 Å². The van der Waals surface area contributed by atoms with Crippen molar-refractivity contribution < 1.29 is 18.1 Å². The van der Waals surface area contributed by atoms with E-state index in [0.717, 1.165) is 17.5 Å². The minimum atomic E-state index is -3.73. The summed E-state index contributed by atoms with van der Waals surface area (Å²) in [6, 6.07) is 4.14. The fraction of sp³-hybridized carbons (Fsp3) is 0.412. The van der Waals surface area contributed by atoms with E-state index in [1.807, 2.05) is 0 Å². The monoisotopic (exact) mass is 392 g/mol. The molecule has 1 aromatic heterocycles. The van der Waals surface area contributed by atoms with Gasteiger partial charge in [-0.15, -0.1) is 0 Å². The van der Waals surface area contributed by atoms with Gasteiger partial charge in [0.25, 0.3) is 11.6 Å². The standard InChI is InChI=1S/C17H20N4O5S/c1-11-6-7-14(10-15(11)21(23)24)17(22)20-13(3)16(12(2)18-20)27(25,26)19-8-4-5-9-19/h6-7,10H,4-5,8-9H2,1-3H3. The second kappa shape index (κ2) is 6.86. The molecule has 2 heterocycles. The summed E-state index contributed by atoms with van der Waals surface area (Å²) in [4.78, 5) is 23.4. The number of sulfonamides is 1. The van der Waals surface area contributed by atoms with E-state index in [1.165, 1.54) is 36.4 Å². The lowest BCUT2D eigenvalue weighted by molar-refractivity contribution is -0.385. The van der Waals surface area contributed by atoms with E-state index in [1.54, 1.807) is 6.92 Å². The Morgan fingerprint density at radius 3 is 2.41 bits per heavy atom. The lowest BCUT2D eigenvalue weighted by atomic mass is 10.1. The fourth-order valence-corrected chi connectivity index (χ4v) is 5.19. The molecule has 0 spiro atoms. The molecule has 144 valence electrons. The molecule has 1 saturated heterocycles. The van der Waals surface area contributed by atoms with Gasteiger partial charge in [0.05, 0.1) is 16.3 Å². The summed E-state index contributed by atoms with van der Waals surface area (Å²) < 4.78 is 28.2. The molecule has 0 radical (unpaired) electrons. The Morgan fingerprint density at radius 2 is 1.81 bits per heavy atom. The summed E-state index contributed by atoms with van der Waals surface area (Å²) in [7, 11) is -3.73. The Bertz CT molecular complexity index is 1040. The molecular weight excluding hydrogens is 372 g/mol. The average Bonchev–Trinajstić information content (AvgIpc) is 3.23. The van der Waals surface area contributed by atoms with Crippen molar-refractivity contribution in [1.29, 1.82) is 0 Å². The predicted octanol–water partition coefficient (Wildman–Crippen LogP) is 2.19. The zero-order valence-corrected chi connectivity index (χ0v) is 16.1. The van der Waals surface area contributed by atoms with Crippen LogP contribution < -0.4 is 0 Å². The number of nitro benzene ring substituents is 1. The van der Waals surface area contributed by atoms with Gasteiger partial charge in [-0.05, 0) is 39.7 Å². The van der Waals surface area contributed by atoms with E-state index in [2.05, 4.69) is 5.10 Å². The van der Waals surface area contributed by atoms with Crippen LogP contribution in [0.15, 0.2) is 23.1 Å². The zero-order valence-electron chi connectivity index (χ0n) is 15.3. The first-order chi connectivity index (χ1) is 12.6. The molecular formula is C17H20N4O5S. The molecule has 1 aliphatic heterocycles. The van der Waals surface area contributed by atoms with Gasteiger partial charge in [-0.3, -0.25) is 14.9 Å². The van der Waals surface area contributed by atoms with E-state index in [9.17, 15) is 23.3 Å². The fourth-order valence-electron chi connectivity index (χ4n) is 3.32. The highest BCUT2D eigenvalue weighted by molar-refractivity contribution is 7.89. The molecule has 2 aromatic rings. The number of carbonyl (C=O) groups is 1. The highest BCUT2D eigenvalue weighted by Gasteiger charge is 2.33. The highest BCUT2D eigenvalue weighted by atomic mass is 32.2. The highest BCUT2D eigenvalue weighted by Crippen LogP contribution is 2.27. The first-order valence-electron chi connectivity index (χ1n) is 8.50. The Balaban J connectivity index is 2.05. The molecule has 1 aromatic carbocycles. The van der Waals surface area contributed by atoms with Crippen molar-refractivity contribution in [1.82, 2.24) is 14.1 Å². The molecule has 1 aliphatic rings. The van der Waals surface area contributed by atoms with Gasteiger partial charge in [0.15, 0.2) is 0 Å². The normalized spacial score (nSPS) is 15.2. The van der Waals surface area contributed by atoms with Gasteiger partial charge >= 0.3 is 0 Å². The van der Waals surface area contributed by atoms with Crippen LogP contribution in [-0.4, -0.2) is 46.4 Å². The van der Waals surface area contributed by atoms with Crippen molar-refractivity contribution in [3.8, 4) is 0 Å². The number of hydrogen-bond donors (Lipinski definition) is 0. The number of rotatable bonds is 4. The van der Waals surface area contributed by atoms with Crippen molar-refractivity contribution in [3.05, 3.63) is 50.8 Å². The predicted molar refractivity (Wildman–Crippen MR) is 97.3 cm³/mol. The average molecular weight is 392 g/mol. The van der Waals surface area contributed by atoms with Gasteiger partial charge in [-0.1, -0.05) is 6.07 Å². The third kappa shape index (κ3) is 3.26. The van der Waals surface area contributed by atoms with Gasteiger partial charge < -0.3 is 0 Å². The maximum Gasteiger partial charge on any atom is 0.278 e. The third-order valence-corrected chi connectivity index (χ3v) is 6.88. The van der Waals surface area contributed by atoms with Crippen LogP contribution in [0.4, 0.5) is 5.69 Å². The van der Waals surface area contributed by atoms with Crippen LogP contribution in [0, 0.1) is 30.9 Å². The summed E-state index contributed by atoms with van der Waals surface area (Å²) in [5, 5.41) is 15.2. The van der Waals surface area contributed by atoms with Gasteiger partial charge in [-0.2, -0.15) is 14.1 Å². The number of benzene rings is 1. The molecule has 0 bridgehead atoms. The van der Waals surface area contributed by atoms with Crippen LogP contribution in [-0.2, 0) is 10.0 Å². The van der Waals surface area contributed by atoms with E-state index >= 15 is 0 Å². The first-order valence-corrected chi connectivity index (χ1v) is 9.94. The summed E-state index contributed by atoms with van der Waals surface area (Å²) in [5.74, 6) is -0.610. The van der Waals surface area contributed by atoms with Crippen molar-refractivity contribution >= 4 is 21.6 Å². The van der Waals surface area contributed by atoms with Gasteiger partial charge in [-0.25, -0.2) is 8.42 Å². The minimum Gasteiger partial charge on any atom is -0.267 e. The van der Waals surface area contributed by atoms with Crippen LogP contribution in [0.5, 0.6) is 0 Å².